The summed E-state index contributed by atoms with van der Waals surface area (Å²) < 4.78 is 0. The second-order valence-corrected chi connectivity index (χ2v) is 6.19. The van der Waals surface area contributed by atoms with Crippen LogP contribution in [0, 0.1) is 5.92 Å². The van der Waals surface area contributed by atoms with Crippen LogP contribution >= 0.6 is 0 Å². The van der Waals surface area contributed by atoms with E-state index in [1.165, 1.54) is 4.90 Å². The van der Waals surface area contributed by atoms with Gasteiger partial charge in [-0.15, -0.1) is 0 Å². The molecule has 0 spiro atoms. The molecule has 7 heteroatoms. The lowest BCUT2D eigenvalue weighted by molar-refractivity contribution is -0.152. The number of nitrogens with one attached hydrogen (secondary N) is 1. The molecule has 1 aliphatic carbocycles. The number of hydrogen-bond donors (Lipinski definition) is 2. The lowest BCUT2D eigenvalue weighted by Crippen LogP contribution is -2.61. The molecule has 1 aliphatic heterocycles. The maximum absolute atomic E-state index is 12.3. The molecule has 118 valence electrons. The smallest absolute Gasteiger partial charge is 0.329 e. The van der Waals surface area contributed by atoms with Gasteiger partial charge in [-0.2, -0.15) is 0 Å². The largest absolute Gasteiger partial charge is 0.480 e. The van der Waals surface area contributed by atoms with Crippen LogP contribution in [0.25, 0.3) is 0 Å². The average Bonchev–Trinajstić information content (AvgIpc) is 2.41. The Morgan fingerprint density at radius 2 is 1.90 bits per heavy atom. The number of hydrogen-bond acceptors (Lipinski definition) is 3. The maximum atomic E-state index is 12.3. The van der Waals surface area contributed by atoms with E-state index < -0.39 is 11.5 Å². The molecule has 1 heterocycles. The Morgan fingerprint density at radius 3 is 2.38 bits per heavy atom. The molecule has 2 rings (SSSR count). The highest BCUT2D eigenvalue weighted by molar-refractivity contribution is 5.89. The number of amides is 3. The zero-order chi connectivity index (χ0) is 15.6. The third-order valence-corrected chi connectivity index (χ3v) is 4.42. The van der Waals surface area contributed by atoms with Gasteiger partial charge in [0.1, 0.15) is 5.54 Å². The summed E-state index contributed by atoms with van der Waals surface area (Å²) in [7, 11) is 3.36. The summed E-state index contributed by atoms with van der Waals surface area (Å²) in [6.07, 6.45) is 3.25. The average molecular weight is 297 g/mol. The molecule has 1 unspecified atom stereocenters. The van der Waals surface area contributed by atoms with Gasteiger partial charge in [-0.1, -0.05) is 0 Å². The fraction of sp³-hybridized carbons (Fsp3) is 0.786. The summed E-state index contributed by atoms with van der Waals surface area (Å²) in [6, 6.07) is -0.107. The van der Waals surface area contributed by atoms with Crippen molar-refractivity contribution in [2.75, 3.05) is 27.2 Å². The molecule has 3 amide bonds. The Hall–Kier alpha value is -1.79. The summed E-state index contributed by atoms with van der Waals surface area (Å²) in [5, 5.41) is 12.0. The fourth-order valence-electron chi connectivity index (χ4n) is 2.91. The van der Waals surface area contributed by atoms with E-state index in [-0.39, 0.29) is 17.9 Å². The first-order valence-electron chi connectivity index (χ1n) is 7.37. The summed E-state index contributed by atoms with van der Waals surface area (Å²) in [5.41, 5.74) is -1.08. The Morgan fingerprint density at radius 1 is 1.24 bits per heavy atom. The van der Waals surface area contributed by atoms with Gasteiger partial charge in [-0.3, -0.25) is 4.79 Å². The van der Waals surface area contributed by atoms with Gasteiger partial charge in [0.2, 0.25) is 5.91 Å². The quantitative estimate of drug-likeness (QED) is 0.794. The van der Waals surface area contributed by atoms with Crippen molar-refractivity contribution in [1.29, 1.82) is 0 Å². The number of carboxylic acids is 1. The summed E-state index contributed by atoms with van der Waals surface area (Å²) in [6.45, 7) is 1.00. The molecule has 0 aromatic rings. The summed E-state index contributed by atoms with van der Waals surface area (Å²) >= 11 is 0. The van der Waals surface area contributed by atoms with Crippen LogP contribution in [0.2, 0.25) is 0 Å². The van der Waals surface area contributed by atoms with Gasteiger partial charge in [0, 0.05) is 27.2 Å². The second kappa shape index (κ2) is 5.91. The summed E-state index contributed by atoms with van der Waals surface area (Å²) in [5.74, 6) is -1.52. The van der Waals surface area contributed by atoms with Crippen LogP contribution in [0.4, 0.5) is 4.79 Å². The number of nitrogens with zero attached hydrogens (tertiary/aromatic N) is 2. The minimum atomic E-state index is -1.08. The van der Waals surface area contributed by atoms with E-state index in [2.05, 4.69) is 5.32 Å². The van der Waals surface area contributed by atoms with Gasteiger partial charge in [0.25, 0.3) is 0 Å². The van der Waals surface area contributed by atoms with Crippen molar-refractivity contribution in [3.05, 3.63) is 0 Å². The third-order valence-electron chi connectivity index (χ3n) is 4.42. The molecule has 0 aromatic carbocycles. The molecular weight excluding hydrogens is 274 g/mol. The Kier molecular flexibility index (Phi) is 4.39. The number of carboxylic acid groups (broad SMARTS) is 1. The van der Waals surface area contributed by atoms with E-state index in [1.807, 2.05) is 0 Å². The SMILES string of the molecule is CN(C)C(=O)N1CCCC(C(=O)NC2(C(=O)O)CCC2)C1. The first-order chi connectivity index (χ1) is 9.85. The Labute approximate surface area is 124 Å². The maximum Gasteiger partial charge on any atom is 0.329 e. The second-order valence-electron chi connectivity index (χ2n) is 6.19. The molecule has 1 atom stereocenters. The predicted molar refractivity (Wildman–Crippen MR) is 75.7 cm³/mol. The van der Waals surface area contributed by atoms with Crippen molar-refractivity contribution in [2.45, 2.75) is 37.6 Å². The molecule has 0 aromatic heterocycles. The predicted octanol–water partition coefficient (Wildman–Crippen LogP) is 0.504. The van der Waals surface area contributed by atoms with E-state index in [1.54, 1.807) is 19.0 Å². The number of urea groups is 1. The molecule has 0 radical (unpaired) electrons. The van der Waals surface area contributed by atoms with Crippen molar-refractivity contribution in [3.8, 4) is 0 Å². The highest BCUT2D eigenvalue weighted by Gasteiger charge is 2.46. The number of rotatable bonds is 3. The molecule has 21 heavy (non-hydrogen) atoms. The third kappa shape index (κ3) is 3.11. The number of piperidine rings is 1. The molecule has 0 bridgehead atoms. The molecule has 1 saturated carbocycles. The van der Waals surface area contributed by atoms with Crippen LogP contribution in [0.5, 0.6) is 0 Å². The molecule has 1 saturated heterocycles. The molecule has 2 N–H and O–H groups in total. The van der Waals surface area contributed by atoms with Crippen molar-refractivity contribution in [2.24, 2.45) is 5.92 Å². The first-order valence-corrected chi connectivity index (χ1v) is 7.37. The number of carbonyl (C=O) groups is 3. The first kappa shape index (κ1) is 15.6. The lowest BCUT2D eigenvalue weighted by atomic mass is 9.76. The van der Waals surface area contributed by atoms with Gasteiger partial charge in [-0.05, 0) is 32.1 Å². The van der Waals surface area contributed by atoms with E-state index >= 15 is 0 Å². The van der Waals surface area contributed by atoms with Gasteiger partial charge < -0.3 is 20.2 Å². The minimum Gasteiger partial charge on any atom is -0.480 e. The highest BCUT2D eigenvalue weighted by Crippen LogP contribution is 2.32. The topological polar surface area (TPSA) is 90.0 Å². The number of aliphatic carboxylic acids is 1. The van der Waals surface area contributed by atoms with Gasteiger partial charge in [0.05, 0.1) is 5.92 Å². The van der Waals surface area contributed by atoms with Crippen LogP contribution in [0.15, 0.2) is 0 Å². The zero-order valence-electron chi connectivity index (χ0n) is 12.6. The van der Waals surface area contributed by atoms with E-state index in [0.29, 0.717) is 32.4 Å². The van der Waals surface area contributed by atoms with Crippen molar-refractivity contribution in [1.82, 2.24) is 15.1 Å². The number of carbonyl (C=O) groups excluding carboxylic acids is 2. The number of likely N-dealkylation sites (tertiary alicyclic amines) is 1. The van der Waals surface area contributed by atoms with Crippen LogP contribution < -0.4 is 5.32 Å². The van der Waals surface area contributed by atoms with E-state index in [0.717, 1.165) is 12.8 Å². The Balaban J connectivity index is 1.96. The van der Waals surface area contributed by atoms with Gasteiger partial charge in [0.15, 0.2) is 0 Å². The standard InChI is InChI=1S/C14H23N3O4/c1-16(2)13(21)17-8-3-5-10(9-17)11(18)15-14(12(19)20)6-4-7-14/h10H,3-9H2,1-2H3,(H,15,18)(H,19,20). The van der Waals surface area contributed by atoms with Crippen molar-refractivity contribution >= 4 is 17.9 Å². The van der Waals surface area contributed by atoms with E-state index in [9.17, 15) is 19.5 Å². The van der Waals surface area contributed by atoms with Gasteiger partial charge >= 0.3 is 12.0 Å². The fourth-order valence-corrected chi connectivity index (χ4v) is 2.91. The molecule has 7 nitrogen and oxygen atoms in total. The van der Waals surface area contributed by atoms with Crippen LogP contribution in [0.1, 0.15) is 32.1 Å². The zero-order valence-corrected chi connectivity index (χ0v) is 12.6. The van der Waals surface area contributed by atoms with Gasteiger partial charge in [-0.25, -0.2) is 9.59 Å². The van der Waals surface area contributed by atoms with Crippen molar-refractivity contribution in [3.63, 3.8) is 0 Å². The molecule has 2 fully saturated rings. The van der Waals surface area contributed by atoms with E-state index in [4.69, 9.17) is 0 Å². The molecular formula is C14H23N3O4. The van der Waals surface area contributed by atoms with Crippen LogP contribution in [0.3, 0.4) is 0 Å². The monoisotopic (exact) mass is 297 g/mol. The van der Waals surface area contributed by atoms with Crippen LogP contribution in [-0.2, 0) is 9.59 Å². The summed E-state index contributed by atoms with van der Waals surface area (Å²) in [4.78, 5) is 38.7. The highest BCUT2D eigenvalue weighted by atomic mass is 16.4. The lowest BCUT2D eigenvalue weighted by Gasteiger charge is -2.40. The normalized spacial score (nSPS) is 23.9. The minimum absolute atomic E-state index is 0.107. The van der Waals surface area contributed by atoms with Crippen LogP contribution in [-0.4, -0.2) is 65.5 Å². The Bertz CT molecular complexity index is 446. The molecule has 2 aliphatic rings. The van der Waals surface area contributed by atoms with Crippen molar-refractivity contribution < 1.29 is 19.5 Å².